The van der Waals surface area contributed by atoms with Crippen molar-refractivity contribution >= 4 is 0 Å². The summed E-state index contributed by atoms with van der Waals surface area (Å²) in [5.41, 5.74) is 0. The second-order valence-electron chi connectivity index (χ2n) is 5.43. The van der Waals surface area contributed by atoms with Crippen LogP contribution in [0.15, 0.2) is 0 Å². The van der Waals surface area contributed by atoms with Gasteiger partial charge in [-0.3, -0.25) is 0 Å². The van der Waals surface area contributed by atoms with Gasteiger partial charge in [0.25, 0.3) is 0 Å². The molecule has 3 N–H and O–H groups in total. The Kier molecular flexibility index (Phi) is 6.32. The maximum atomic E-state index is 9.87. The van der Waals surface area contributed by atoms with Crippen molar-refractivity contribution in [1.29, 1.82) is 0 Å². The van der Waals surface area contributed by atoms with E-state index in [1.807, 2.05) is 0 Å². The van der Waals surface area contributed by atoms with Crippen LogP contribution in [0, 0.1) is 5.92 Å². The van der Waals surface area contributed by atoms with Gasteiger partial charge in [-0.1, -0.05) is 25.7 Å². The summed E-state index contributed by atoms with van der Waals surface area (Å²) in [5.74, 6) is 0.740. The predicted molar refractivity (Wildman–Crippen MR) is 66.3 cm³/mol. The van der Waals surface area contributed by atoms with Gasteiger partial charge in [0, 0.05) is 12.6 Å². The molecule has 0 aromatic rings. The standard InChI is InChI=1S/C13H27NO2/c1-10(7-11(2)15)14-9-13(16)8-12-5-3-4-6-12/h10-16H,3-9H2,1-2H3. The lowest BCUT2D eigenvalue weighted by molar-refractivity contribution is 0.128. The normalized spacial score (nSPS) is 23.2. The molecular weight excluding hydrogens is 202 g/mol. The Morgan fingerprint density at radius 3 is 2.38 bits per heavy atom. The number of aliphatic hydroxyl groups is 2. The first-order valence-corrected chi connectivity index (χ1v) is 6.67. The maximum Gasteiger partial charge on any atom is 0.0667 e. The van der Waals surface area contributed by atoms with E-state index >= 15 is 0 Å². The molecule has 3 nitrogen and oxygen atoms in total. The molecule has 0 radical (unpaired) electrons. The zero-order valence-corrected chi connectivity index (χ0v) is 10.7. The van der Waals surface area contributed by atoms with Crippen molar-refractivity contribution in [3.8, 4) is 0 Å². The molecule has 1 aliphatic carbocycles. The minimum absolute atomic E-state index is 0.223. The predicted octanol–water partition coefficient (Wildman–Crippen LogP) is 1.68. The van der Waals surface area contributed by atoms with E-state index in [-0.39, 0.29) is 18.2 Å². The minimum Gasteiger partial charge on any atom is -0.393 e. The van der Waals surface area contributed by atoms with Crippen LogP contribution in [0.25, 0.3) is 0 Å². The lowest BCUT2D eigenvalue weighted by Gasteiger charge is -2.20. The highest BCUT2D eigenvalue weighted by Crippen LogP contribution is 2.28. The molecule has 0 amide bonds. The fourth-order valence-corrected chi connectivity index (χ4v) is 2.65. The van der Waals surface area contributed by atoms with Gasteiger partial charge in [-0.05, 0) is 32.6 Å². The van der Waals surface area contributed by atoms with Crippen molar-refractivity contribution in [2.45, 2.75) is 70.6 Å². The second kappa shape index (κ2) is 7.25. The molecule has 3 unspecified atom stereocenters. The van der Waals surface area contributed by atoms with Crippen LogP contribution >= 0.6 is 0 Å². The summed E-state index contributed by atoms with van der Waals surface area (Å²) in [4.78, 5) is 0. The van der Waals surface area contributed by atoms with Crippen LogP contribution in [0.3, 0.4) is 0 Å². The van der Waals surface area contributed by atoms with E-state index in [0.29, 0.717) is 6.54 Å². The molecule has 0 heterocycles. The lowest BCUT2D eigenvalue weighted by Crippen LogP contribution is -2.36. The van der Waals surface area contributed by atoms with Gasteiger partial charge in [-0.2, -0.15) is 0 Å². The average molecular weight is 229 g/mol. The summed E-state index contributed by atoms with van der Waals surface area (Å²) in [6.45, 7) is 4.51. The summed E-state index contributed by atoms with van der Waals surface area (Å²) in [5, 5.41) is 22.4. The Morgan fingerprint density at radius 1 is 1.19 bits per heavy atom. The Hall–Kier alpha value is -0.120. The molecule has 96 valence electrons. The molecule has 3 atom stereocenters. The first-order chi connectivity index (χ1) is 7.58. The monoisotopic (exact) mass is 229 g/mol. The lowest BCUT2D eigenvalue weighted by atomic mass is 10.00. The summed E-state index contributed by atoms with van der Waals surface area (Å²) < 4.78 is 0. The van der Waals surface area contributed by atoms with Gasteiger partial charge in [0.2, 0.25) is 0 Å². The fourth-order valence-electron chi connectivity index (χ4n) is 2.65. The van der Waals surface area contributed by atoms with E-state index in [0.717, 1.165) is 18.8 Å². The molecule has 0 spiro atoms. The van der Waals surface area contributed by atoms with Crippen LogP contribution in [0.5, 0.6) is 0 Å². The average Bonchev–Trinajstić information content (AvgIpc) is 2.66. The molecule has 1 rings (SSSR count). The number of rotatable bonds is 7. The molecule has 1 fully saturated rings. The number of aliphatic hydroxyl groups excluding tert-OH is 2. The molecule has 0 saturated heterocycles. The first kappa shape index (κ1) is 13.9. The van der Waals surface area contributed by atoms with E-state index in [4.69, 9.17) is 0 Å². The Labute approximate surface area is 99.3 Å². The summed E-state index contributed by atoms with van der Waals surface area (Å²) in [7, 11) is 0. The molecule has 1 aliphatic rings. The smallest absolute Gasteiger partial charge is 0.0667 e. The van der Waals surface area contributed by atoms with Gasteiger partial charge < -0.3 is 15.5 Å². The summed E-state index contributed by atoms with van der Waals surface area (Å²) in [6, 6.07) is 0.276. The Morgan fingerprint density at radius 2 is 1.81 bits per heavy atom. The zero-order chi connectivity index (χ0) is 12.0. The molecule has 1 saturated carbocycles. The molecule has 3 heteroatoms. The van der Waals surface area contributed by atoms with E-state index in [1.165, 1.54) is 25.7 Å². The largest absolute Gasteiger partial charge is 0.393 e. The van der Waals surface area contributed by atoms with Gasteiger partial charge in [0.1, 0.15) is 0 Å². The molecule has 0 aromatic heterocycles. The van der Waals surface area contributed by atoms with Crippen LogP contribution < -0.4 is 5.32 Å². The van der Waals surface area contributed by atoms with Crippen molar-refractivity contribution in [2.75, 3.05) is 6.54 Å². The molecule has 0 aromatic carbocycles. The highest BCUT2D eigenvalue weighted by Gasteiger charge is 2.19. The van der Waals surface area contributed by atoms with Crippen molar-refractivity contribution in [3.63, 3.8) is 0 Å². The summed E-state index contributed by atoms with van der Waals surface area (Å²) >= 11 is 0. The third-order valence-electron chi connectivity index (χ3n) is 3.48. The number of hydrogen-bond donors (Lipinski definition) is 3. The van der Waals surface area contributed by atoms with Crippen LogP contribution in [-0.2, 0) is 0 Å². The SMILES string of the molecule is CC(O)CC(C)NCC(O)CC1CCCC1. The first-order valence-electron chi connectivity index (χ1n) is 6.67. The highest BCUT2D eigenvalue weighted by molar-refractivity contribution is 4.73. The topological polar surface area (TPSA) is 52.5 Å². The Balaban J connectivity index is 2.06. The van der Waals surface area contributed by atoms with Crippen LogP contribution in [-0.4, -0.2) is 35.0 Å². The van der Waals surface area contributed by atoms with Gasteiger partial charge >= 0.3 is 0 Å². The van der Waals surface area contributed by atoms with Crippen molar-refractivity contribution < 1.29 is 10.2 Å². The molecule has 16 heavy (non-hydrogen) atoms. The fraction of sp³-hybridized carbons (Fsp3) is 1.00. The number of nitrogens with one attached hydrogen (secondary N) is 1. The van der Waals surface area contributed by atoms with Crippen molar-refractivity contribution in [2.24, 2.45) is 5.92 Å². The zero-order valence-electron chi connectivity index (χ0n) is 10.7. The maximum absolute atomic E-state index is 9.87. The highest BCUT2D eigenvalue weighted by atomic mass is 16.3. The molecule has 0 aliphatic heterocycles. The molecular formula is C13H27NO2. The third-order valence-corrected chi connectivity index (χ3v) is 3.48. The Bertz CT molecular complexity index is 179. The van der Waals surface area contributed by atoms with E-state index in [1.54, 1.807) is 6.92 Å². The third kappa shape index (κ3) is 5.83. The quantitative estimate of drug-likeness (QED) is 0.622. The second-order valence-corrected chi connectivity index (χ2v) is 5.43. The minimum atomic E-state index is -0.269. The van der Waals surface area contributed by atoms with Gasteiger partial charge in [0.15, 0.2) is 0 Å². The van der Waals surface area contributed by atoms with Gasteiger partial charge in [-0.15, -0.1) is 0 Å². The van der Waals surface area contributed by atoms with Gasteiger partial charge in [-0.25, -0.2) is 0 Å². The van der Waals surface area contributed by atoms with Crippen molar-refractivity contribution in [1.82, 2.24) is 5.32 Å². The van der Waals surface area contributed by atoms with Crippen LogP contribution in [0.4, 0.5) is 0 Å². The molecule has 0 bridgehead atoms. The van der Waals surface area contributed by atoms with E-state index in [2.05, 4.69) is 12.2 Å². The van der Waals surface area contributed by atoms with Gasteiger partial charge in [0.05, 0.1) is 12.2 Å². The summed E-state index contributed by atoms with van der Waals surface area (Å²) in [6.07, 6.45) is 6.45. The van der Waals surface area contributed by atoms with Crippen LogP contribution in [0.2, 0.25) is 0 Å². The number of hydrogen-bond acceptors (Lipinski definition) is 3. The van der Waals surface area contributed by atoms with Crippen molar-refractivity contribution in [3.05, 3.63) is 0 Å². The van der Waals surface area contributed by atoms with Crippen LogP contribution in [0.1, 0.15) is 52.4 Å². The van der Waals surface area contributed by atoms with E-state index in [9.17, 15) is 10.2 Å². The van der Waals surface area contributed by atoms with E-state index < -0.39 is 0 Å².